The molecule has 1 aromatic carbocycles. The first kappa shape index (κ1) is 16.8. The number of nitrogens with one attached hydrogen (secondary N) is 2. The summed E-state index contributed by atoms with van der Waals surface area (Å²) in [7, 11) is 0. The second-order valence-electron chi connectivity index (χ2n) is 5.91. The van der Waals surface area contributed by atoms with Gasteiger partial charge in [0, 0.05) is 17.0 Å². The number of rotatable bonds is 7. The molecule has 1 saturated carbocycles. The van der Waals surface area contributed by atoms with Crippen molar-refractivity contribution >= 4 is 17.3 Å². The Balaban J connectivity index is 1.62. The zero-order chi connectivity index (χ0) is 16.6. The van der Waals surface area contributed by atoms with Gasteiger partial charge in [0.15, 0.2) is 5.96 Å². The van der Waals surface area contributed by atoms with Crippen LogP contribution >= 0.6 is 11.3 Å². The maximum Gasteiger partial charge on any atom is 0.191 e. The van der Waals surface area contributed by atoms with Crippen LogP contribution in [-0.4, -0.2) is 18.6 Å². The van der Waals surface area contributed by atoms with Gasteiger partial charge in [-0.1, -0.05) is 24.3 Å². The number of hydrogen-bond acceptors (Lipinski definition) is 3. The molecule has 0 saturated heterocycles. The van der Waals surface area contributed by atoms with Crippen molar-refractivity contribution in [1.29, 1.82) is 0 Å². The normalized spacial score (nSPS) is 15.0. The zero-order valence-corrected chi connectivity index (χ0v) is 14.9. The van der Waals surface area contributed by atoms with E-state index in [1.807, 2.05) is 12.1 Å². The summed E-state index contributed by atoms with van der Waals surface area (Å²) in [5, 5.41) is 8.78. The minimum absolute atomic E-state index is 0.389. The predicted octanol–water partition coefficient (Wildman–Crippen LogP) is 3.93. The predicted molar refractivity (Wildman–Crippen MR) is 101 cm³/mol. The maximum absolute atomic E-state index is 6.08. The summed E-state index contributed by atoms with van der Waals surface area (Å²) in [5.41, 5.74) is 1.14. The van der Waals surface area contributed by atoms with E-state index in [1.54, 1.807) is 11.3 Å². The minimum atomic E-state index is 0.389. The van der Waals surface area contributed by atoms with Crippen molar-refractivity contribution in [3.8, 4) is 5.75 Å². The monoisotopic (exact) mass is 343 g/mol. The second-order valence-corrected chi connectivity index (χ2v) is 6.94. The lowest BCUT2D eigenvalue weighted by Crippen LogP contribution is -2.36. The van der Waals surface area contributed by atoms with E-state index in [0.717, 1.165) is 30.4 Å². The Morgan fingerprint density at radius 2 is 2.08 bits per heavy atom. The molecule has 1 heterocycles. The SMILES string of the molecule is CCNC(=NCc1ccccc1OC1CCC1)NCc1cccs1. The average Bonchev–Trinajstić information content (AvgIpc) is 3.08. The van der Waals surface area contributed by atoms with Crippen molar-refractivity contribution in [3.05, 3.63) is 52.2 Å². The van der Waals surface area contributed by atoms with Crippen LogP contribution in [0.25, 0.3) is 0 Å². The van der Waals surface area contributed by atoms with Gasteiger partial charge in [0.05, 0.1) is 19.2 Å². The summed E-state index contributed by atoms with van der Waals surface area (Å²) >= 11 is 1.75. The molecule has 128 valence electrons. The van der Waals surface area contributed by atoms with Crippen molar-refractivity contribution in [2.45, 2.75) is 45.4 Å². The van der Waals surface area contributed by atoms with E-state index in [-0.39, 0.29) is 0 Å². The van der Waals surface area contributed by atoms with Crippen molar-refractivity contribution in [2.24, 2.45) is 4.99 Å². The Hall–Kier alpha value is -2.01. The zero-order valence-electron chi connectivity index (χ0n) is 14.1. The van der Waals surface area contributed by atoms with Crippen LogP contribution < -0.4 is 15.4 Å². The third-order valence-corrected chi connectivity index (χ3v) is 4.96. The van der Waals surface area contributed by atoms with Crippen LogP contribution in [0.4, 0.5) is 0 Å². The van der Waals surface area contributed by atoms with Gasteiger partial charge in [-0.15, -0.1) is 11.3 Å². The van der Waals surface area contributed by atoms with E-state index in [0.29, 0.717) is 12.6 Å². The van der Waals surface area contributed by atoms with E-state index < -0.39 is 0 Å². The highest BCUT2D eigenvalue weighted by Crippen LogP contribution is 2.27. The highest BCUT2D eigenvalue weighted by molar-refractivity contribution is 7.09. The quantitative estimate of drug-likeness (QED) is 0.591. The molecule has 3 rings (SSSR count). The molecule has 0 aliphatic heterocycles. The molecule has 1 aliphatic rings. The molecule has 1 aromatic heterocycles. The van der Waals surface area contributed by atoms with Crippen molar-refractivity contribution in [1.82, 2.24) is 10.6 Å². The van der Waals surface area contributed by atoms with Crippen molar-refractivity contribution in [2.75, 3.05) is 6.54 Å². The number of benzene rings is 1. The third kappa shape index (κ3) is 4.74. The number of nitrogens with zero attached hydrogens (tertiary/aromatic N) is 1. The number of aliphatic imine (C=N–C) groups is 1. The number of hydrogen-bond donors (Lipinski definition) is 2. The number of ether oxygens (including phenoxy) is 1. The number of thiophene rings is 1. The summed E-state index contributed by atoms with van der Waals surface area (Å²) < 4.78 is 6.08. The fourth-order valence-corrected chi connectivity index (χ4v) is 3.15. The van der Waals surface area contributed by atoms with Crippen molar-refractivity contribution in [3.63, 3.8) is 0 Å². The molecular formula is C19H25N3OS. The maximum atomic E-state index is 6.08. The first-order chi connectivity index (χ1) is 11.8. The van der Waals surface area contributed by atoms with Crippen molar-refractivity contribution < 1.29 is 4.74 Å². The molecule has 24 heavy (non-hydrogen) atoms. The van der Waals surface area contributed by atoms with Crippen LogP contribution in [0.3, 0.4) is 0 Å². The van der Waals surface area contributed by atoms with Gasteiger partial charge in [0.1, 0.15) is 5.75 Å². The molecule has 1 fully saturated rings. The van der Waals surface area contributed by atoms with E-state index in [9.17, 15) is 0 Å². The Kier molecular flexibility index (Phi) is 6.13. The van der Waals surface area contributed by atoms with E-state index in [4.69, 9.17) is 9.73 Å². The van der Waals surface area contributed by atoms with Gasteiger partial charge in [-0.3, -0.25) is 0 Å². The van der Waals surface area contributed by atoms with Crippen LogP contribution in [0.1, 0.15) is 36.6 Å². The molecule has 5 heteroatoms. The van der Waals surface area contributed by atoms with Gasteiger partial charge in [0.25, 0.3) is 0 Å². The first-order valence-electron chi connectivity index (χ1n) is 8.64. The highest BCUT2D eigenvalue weighted by Gasteiger charge is 2.20. The largest absolute Gasteiger partial charge is 0.490 e. The Labute approximate surface area is 148 Å². The van der Waals surface area contributed by atoms with E-state index >= 15 is 0 Å². The second kappa shape index (κ2) is 8.73. The smallest absolute Gasteiger partial charge is 0.191 e. The molecule has 1 aliphatic carbocycles. The Bertz CT molecular complexity index is 650. The summed E-state index contributed by atoms with van der Waals surface area (Å²) in [6, 6.07) is 12.4. The summed E-state index contributed by atoms with van der Waals surface area (Å²) in [5.74, 6) is 1.81. The van der Waals surface area contributed by atoms with Crippen LogP contribution in [0.15, 0.2) is 46.8 Å². The van der Waals surface area contributed by atoms with Crippen LogP contribution in [0.2, 0.25) is 0 Å². The highest BCUT2D eigenvalue weighted by atomic mass is 32.1. The lowest BCUT2D eigenvalue weighted by molar-refractivity contribution is 0.119. The first-order valence-corrected chi connectivity index (χ1v) is 9.52. The van der Waals surface area contributed by atoms with Gasteiger partial charge in [-0.05, 0) is 43.7 Å². The van der Waals surface area contributed by atoms with Gasteiger partial charge >= 0.3 is 0 Å². The van der Waals surface area contributed by atoms with Crippen LogP contribution in [-0.2, 0) is 13.1 Å². The topological polar surface area (TPSA) is 45.7 Å². The Morgan fingerprint density at radius 3 is 2.79 bits per heavy atom. The van der Waals surface area contributed by atoms with Gasteiger partial charge in [0.2, 0.25) is 0 Å². The minimum Gasteiger partial charge on any atom is -0.490 e. The standard InChI is InChI=1S/C19H25N3OS/c1-2-20-19(22-14-17-10-6-12-24-17)21-13-15-7-3-4-11-18(15)23-16-8-5-9-16/h3-4,6-7,10-12,16H,2,5,8-9,13-14H2,1H3,(H2,20,21,22). The molecule has 0 radical (unpaired) electrons. The molecule has 0 amide bonds. The molecule has 2 aromatic rings. The van der Waals surface area contributed by atoms with Crippen LogP contribution in [0.5, 0.6) is 5.75 Å². The van der Waals surface area contributed by atoms with Gasteiger partial charge in [-0.2, -0.15) is 0 Å². The van der Waals surface area contributed by atoms with Crippen LogP contribution in [0, 0.1) is 0 Å². The molecule has 0 atom stereocenters. The number of para-hydroxylation sites is 1. The third-order valence-electron chi connectivity index (χ3n) is 4.08. The van der Waals surface area contributed by atoms with Gasteiger partial charge < -0.3 is 15.4 Å². The Morgan fingerprint density at radius 1 is 1.21 bits per heavy atom. The number of guanidine groups is 1. The summed E-state index contributed by atoms with van der Waals surface area (Å²) in [6.45, 7) is 4.33. The molecule has 0 spiro atoms. The molecular weight excluding hydrogens is 318 g/mol. The van der Waals surface area contributed by atoms with Gasteiger partial charge in [-0.25, -0.2) is 4.99 Å². The average molecular weight is 343 g/mol. The summed E-state index contributed by atoms with van der Waals surface area (Å²) in [6.07, 6.45) is 4.01. The fourth-order valence-electron chi connectivity index (χ4n) is 2.51. The molecule has 2 N–H and O–H groups in total. The fraction of sp³-hybridized carbons (Fsp3) is 0.421. The lowest BCUT2D eigenvalue weighted by atomic mass is 9.96. The molecule has 0 unspecified atom stereocenters. The summed E-state index contributed by atoms with van der Waals surface area (Å²) in [4.78, 5) is 6.01. The molecule has 0 bridgehead atoms. The van der Waals surface area contributed by atoms with E-state index in [2.05, 4.69) is 47.2 Å². The molecule has 4 nitrogen and oxygen atoms in total. The van der Waals surface area contributed by atoms with E-state index in [1.165, 1.54) is 24.1 Å². The lowest BCUT2D eigenvalue weighted by Gasteiger charge is -2.27.